The van der Waals surface area contributed by atoms with Gasteiger partial charge in [-0.1, -0.05) is 200 Å². The third-order valence-electron chi connectivity index (χ3n) is 25.5. The lowest BCUT2D eigenvalue weighted by molar-refractivity contribution is 0.00578. The molecule has 114 heavy (non-hydrogen) atoms. The molecule has 2 fully saturated rings. The van der Waals surface area contributed by atoms with Crippen LogP contribution in [0.3, 0.4) is 0 Å². The van der Waals surface area contributed by atoms with Crippen LogP contribution < -0.4 is 20.7 Å². The van der Waals surface area contributed by atoms with E-state index >= 15 is 0 Å². The number of nitrogens with zero attached hydrogens (tertiary/aromatic N) is 2. The van der Waals surface area contributed by atoms with E-state index in [9.17, 15) is 0 Å². The van der Waals surface area contributed by atoms with Crippen LogP contribution in [0.4, 0.5) is 34.1 Å². The molecule has 0 unspecified atom stereocenters. The van der Waals surface area contributed by atoms with Crippen molar-refractivity contribution in [1.29, 1.82) is 0 Å². The molecule has 2 aliphatic heterocycles. The fourth-order valence-corrected chi connectivity index (χ4v) is 18.1. The molecule has 13 rings (SSSR count). The summed E-state index contributed by atoms with van der Waals surface area (Å²) in [6.07, 6.45) is 16.0. The third kappa shape index (κ3) is 17.3. The summed E-state index contributed by atoms with van der Waals surface area (Å²) in [6.45, 7) is 49.2. The zero-order chi connectivity index (χ0) is 81.3. The second-order valence-corrected chi connectivity index (χ2v) is 35.6. The Morgan fingerprint density at radius 2 is 0.544 bits per heavy atom. The van der Waals surface area contributed by atoms with Gasteiger partial charge in [-0.05, 0) is 392 Å². The van der Waals surface area contributed by atoms with Gasteiger partial charge in [0.05, 0.1) is 33.8 Å². The van der Waals surface area contributed by atoms with Gasteiger partial charge in [0.25, 0.3) is 0 Å². The maximum atomic E-state index is 6.47. The second-order valence-electron chi connectivity index (χ2n) is 35.6. The Morgan fingerprint density at radius 3 is 0.825 bits per heavy atom. The first kappa shape index (κ1) is 83.0. The topological polar surface area (TPSA) is 43.4 Å². The van der Waals surface area contributed by atoms with Crippen LogP contribution >= 0.6 is 0 Å². The van der Waals surface area contributed by atoms with E-state index in [4.69, 9.17) is 18.6 Å². The minimum Gasteiger partial charge on any atom is -0.399 e. The molecule has 0 amide bonds. The van der Waals surface area contributed by atoms with Crippen LogP contribution in [0.15, 0.2) is 194 Å². The number of anilines is 6. The summed E-state index contributed by atoms with van der Waals surface area (Å²) in [5.41, 5.74) is 40.9. The predicted molar refractivity (Wildman–Crippen MR) is 491 cm³/mol. The highest BCUT2D eigenvalue weighted by molar-refractivity contribution is 6.62. The van der Waals surface area contributed by atoms with Crippen LogP contribution in [0, 0.1) is 69.2 Å². The molecule has 2 aliphatic rings. The van der Waals surface area contributed by atoms with Gasteiger partial charge in [0, 0.05) is 22.7 Å². The molecular formula is C106H126B2N2O4. The van der Waals surface area contributed by atoms with Crippen molar-refractivity contribution in [3.63, 3.8) is 0 Å². The highest BCUT2D eigenvalue weighted by Crippen LogP contribution is 2.49. The van der Waals surface area contributed by atoms with Crippen LogP contribution in [-0.2, 0) is 44.3 Å². The average molecular weight is 1510 g/mol. The fourth-order valence-electron chi connectivity index (χ4n) is 18.1. The summed E-state index contributed by atoms with van der Waals surface area (Å²) in [4.78, 5) is 5.04. The Balaban J connectivity index is 0.896. The third-order valence-corrected chi connectivity index (χ3v) is 25.5. The van der Waals surface area contributed by atoms with Gasteiger partial charge < -0.3 is 28.4 Å². The Kier molecular flexibility index (Phi) is 25.1. The zero-order valence-corrected chi connectivity index (χ0v) is 73.1. The molecule has 0 aromatic heterocycles. The minimum atomic E-state index is -0.412. The summed E-state index contributed by atoms with van der Waals surface area (Å²) in [6, 6.07) is 75.1. The van der Waals surface area contributed by atoms with Crippen LogP contribution in [-0.4, -0.2) is 36.6 Å². The van der Waals surface area contributed by atoms with Gasteiger partial charge in [-0.25, -0.2) is 0 Å². The van der Waals surface area contributed by atoms with Crippen molar-refractivity contribution in [3.05, 3.63) is 272 Å². The highest BCUT2D eigenvalue weighted by Gasteiger charge is 2.53. The maximum absolute atomic E-state index is 6.47. The van der Waals surface area contributed by atoms with Crippen LogP contribution in [0.5, 0.6) is 0 Å². The molecule has 11 aromatic rings. The number of aryl methyl sites for hydroxylation is 14. The van der Waals surface area contributed by atoms with Crippen molar-refractivity contribution in [2.24, 2.45) is 0 Å². The molecule has 6 nitrogen and oxygen atoms in total. The van der Waals surface area contributed by atoms with E-state index in [2.05, 4.69) is 356 Å². The van der Waals surface area contributed by atoms with Crippen LogP contribution in [0.1, 0.15) is 225 Å². The van der Waals surface area contributed by atoms with Crippen molar-refractivity contribution in [2.75, 3.05) is 9.80 Å². The molecule has 8 heteroatoms. The van der Waals surface area contributed by atoms with Crippen molar-refractivity contribution < 1.29 is 18.6 Å². The number of rotatable bonds is 28. The Labute approximate surface area is 686 Å². The predicted octanol–water partition coefficient (Wildman–Crippen LogP) is 28.5. The number of hydrogen-bond acceptors (Lipinski definition) is 6. The van der Waals surface area contributed by atoms with Gasteiger partial charge >= 0.3 is 14.2 Å². The van der Waals surface area contributed by atoms with Gasteiger partial charge in [-0.2, -0.15) is 0 Å². The van der Waals surface area contributed by atoms with E-state index < -0.39 is 36.6 Å². The van der Waals surface area contributed by atoms with E-state index in [0.29, 0.717) is 0 Å². The van der Waals surface area contributed by atoms with E-state index in [1.54, 1.807) is 0 Å². The molecular weight excluding hydrogens is 1390 g/mol. The van der Waals surface area contributed by atoms with Crippen LogP contribution in [0.25, 0.3) is 66.8 Å². The first-order chi connectivity index (χ1) is 54.4. The van der Waals surface area contributed by atoms with Crippen molar-refractivity contribution in [3.8, 4) is 66.8 Å². The lowest BCUT2D eigenvalue weighted by atomic mass is 9.78. The first-order valence-electron chi connectivity index (χ1n) is 43.0. The Bertz CT molecular complexity index is 4820. The fraction of sp³-hybridized carbons (Fsp3) is 0.377. The largest absolute Gasteiger partial charge is 0.494 e. The summed E-state index contributed by atoms with van der Waals surface area (Å²) >= 11 is 0. The monoisotopic (exact) mass is 1510 g/mol. The molecule has 11 aromatic carbocycles. The van der Waals surface area contributed by atoms with Crippen LogP contribution in [0.2, 0.25) is 0 Å². The van der Waals surface area contributed by atoms with Crippen molar-refractivity contribution in [1.82, 2.24) is 0 Å². The molecule has 2 heterocycles. The van der Waals surface area contributed by atoms with Gasteiger partial charge in [-0.15, -0.1) is 0 Å². The molecule has 0 N–H and O–H groups in total. The van der Waals surface area contributed by atoms with E-state index in [1.165, 1.54) is 172 Å². The van der Waals surface area contributed by atoms with Crippen molar-refractivity contribution >= 4 is 59.3 Å². The van der Waals surface area contributed by atoms with E-state index in [0.717, 1.165) is 107 Å². The molecule has 0 radical (unpaired) electrons. The van der Waals surface area contributed by atoms with Gasteiger partial charge in [-0.3, -0.25) is 0 Å². The summed E-state index contributed by atoms with van der Waals surface area (Å²) in [7, 11) is -0.825. The normalized spacial score (nSPS) is 14.8. The van der Waals surface area contributed by atoms with Gasteiger partial charge in [0.2, 0.25) is 0 Å². The number of benzene rings is 11. The van der Waals surface area contributed by atoms with Crippen molar-refractivity contribution in [2.45, 2.75) is 265 Å². The lowest BCUT2D eigenvalue weighted by Crippen LogP contribution is -2.41. The summed E-state index contributed by atoms with van der Waals surface area (Å²) in [5.74, 6) is 0. The standard InChI is InChI=1S/C106H126B2N2O4/c1-23-27-29-31-35-85-67-98(96-56-54-94(66-70(96)6)110(102-77(13)63-88(64-78(102)14)100-73(9)59-80(34-26-4)60-74(100)10)92-51-43-84(44-52-92)82-39-47-90(48-40-82)108-113-105(19,20)106(21,22)114-108)86(36-32-30-28-24-2)68-97(85)95-55-53-93(65-69(95)5)109(101-75(11)61-87(62-76(101)12)99-71(7)57-79(33-25-3)58-72(99)8)91-49-41-83(42-50-91)81-37-45-89(46-38-81)107-111-103(15,16)104(17,18)112-107/h37-68H,23-36H2,1-22H3. The zero-order valence-electron chi connectivity index (χ0n) is 73.1. The number of unbranched alkanes of at least 4 members (excludes halogenated alkanes) is 6. The average Bonchev–Trinajstić information content (AvgIpc) is 1.25. The smallest absolute Gasteiger partial charge is 0.399 e. The summed E-state index contributed by atoms with van der Waals surface area (Å²) < 4.78 is 25.9. The number of hydrogen-bond donors (Lipinski definition) is 0. The molecule has 0 atom stereocenters. The van der Waals surface area contributed by atoms with E-state index in [-0.39, 0.29) is 0 Å². The molecule has 2 saturated heterocycles. The molecule has 0 saturated carbocycles. The van der Waals surface area contributed by atoms with E-state index in [1.807, 2.05) is 0 Å². The van der Waals surface area contributed by atoms with Gasteiger partial charge in [0.15, 0.2) is 0 Å². The maximum Gasteiger partial charge on any atom is 0.494 e. The lowest BCUT2D eigenvalue weighted by Gasteiger charge is -2.32. The molecule has 0 spiro atoms. The molecule has 590 valence electrons. The summed E-state index contributed by atoms with van der Waals surface area (Å²) in [5, 5.41) is 0. The second kappa shape index (κ2) is 34.4. The highest BCUT2D eigenvalue weighted by atomic mass is 16.7. The Morgan fingerprint density at radius 1 is 0.254 bits per heavy atom. The Hall–Kier alpha value is -9.01. The molecule has 0 aliphatic carbocycles. The van der Waals surface area contributed by atoms with Gasteiger partial charge in [0.1, 0.15) is 0 Å². The quantitative estimate of drug-likeness (QED) is 0.0360. The first-order valence-corrected chi connectivity index (χ1v) is 43.0. The molecule has 0 bridgehead atoms. The SMILES string of the molecule is CCCCCCc1cc(-c2ccc(N(c3ccc(-c4ccc(B5OC(C)(C)C(C)(C)O5)cc4)cc3)c3c(C)cc(-c4c(C)cc(CCC)cc4C)cc3C)cc2C)c(CCCCCC)cc1-c1ccc(N(c2ccc(-c3ccc(B4OC(C)(C)C(C)(C)O4)cc3)cc2)c2c(C)cc(-c3c(C)cc(CCC)cc3C)cc2C)cc1C. The minimum absolute atomic E-state index is 0.409.